The monoisotopic (exact) mass is 242 g/mol. The Morgan fingerprint density at radius 1 is 1.50 bits per heavy atom. The minimum Gasteiger partial charge on any atom is -0.396 e. The molecular weight excluding hydrogens is 223 g/mol. The van der Waals surface area contributed by atoms with Gasteiger partial charge in [-0.2, -0.15) is 0 Å². The Morgan fingerprint density at radius 3 is 2.94 bits per heavy atom. The molecule has 0 aromatic carbocycles. The second-order valence-electron chi connectivity index (χ2n) is 5.45. The van der Waals surface area contributed by atoms with Crippen molar-refractivity contribution in [2.75, 3.05) is 30.3 Å². The van der Waals surface area contributed by atoms with Crippen LogP contribution in [0.2, 0.25) is 0 Å². The van der Waals surface area contributed by atoms with Gasteiger partial charge in [0.25, 0.3) is 0 Å². The molecule has 1 aromatic heterocycles. The summed E-state index contributed by atoms with van der Waals surface area (Å²) in [6.45, 7) is 5.06. The van der Waals surface area contributed by atoms with E-state index in [-0.39, 0.29) is 0 Å². The molecule has 2 fully saturated rings. The largest absolute Gasteiger partial charge is 0.396 e. The van der Waals surface area contributed by atoms with Gasteiger partial charge in [-0.15, -0.1) is 0 Å². The van der Waals surface area contributed by atoms with Gasteiger partial charge in [0.1, 0.15) is 7.85 Å². The summed E-state index contributed by atoms with van der Waals surface area (Å²) < 4.78 is 0. The van der Waals surface area contributed by atoms with E-state index in [4.69, 9.17) is 18.6 Å². The van der Waals surface area contributed by atoms with E-state index >= 15 is 0 Å². The number of nitrogens with two attached hydrogens (primary N) is 1. The van der Waals surface area contributed by atoms with Crippen molar-refractivity contribution < 1.29 is 0 Å². The molecule has 0 spiro atoms. The van der Waals surface area contributed by atoms with E-state index in [9.17, 15) is 0 Å². The van der Waals surface area contributed by atoms with Crippen LogP contribution in [-0.4, -0.2) is 38.5 Å². The number of hydrogen-bond acceptors (Lipinski definition) is 4. The van der Waals surface area contributed by atoms with Crippen LogP contribution in [0.4, 0.5) is 11.5 Å². The zero-order valence-electron chi connectivity index (χ0n) is 10.8. The molecule has 3 N–H and O–H groups in total. The second kappa shape index (κ2) is 4.46. The minimum atomic E-state index is 0.474. The Labute approximate surface area is 109 Å². The highest BCUT2D eigenvalue weighted by molar-refractivity contribution is 6.33. The minimum absolute atomic E-state index is 0.474. The number of nitrogens with zero attached hydrogens (tertiary/aromatic N) is 2. The van der Waals surface area contributed by atoms with Crippen LogP contribution < -0.4 is 21.4 Å². The summed E-state index contributed by atoms with van der Waals surface area (Å²) in [6.07, 6.45) is 2.41. The molecule has 1 aliphatic carbocycles. The van der Waals surface area contributed by atoms with Gasteiger partial charge in [-0.1, -0.05) is 5.46 Å². The van der Waals surface area contributed by atoms with Gasteiger partial charge in [-0.3, -0.25) is 0 Å². The summed E-state index contributed by atoms with van der Waals surface area (Å²) in [5.41, 5.74) is 8.58. The first-order valence-electron chi connectivity index (χ1n) is 6.69. The average Bonchev–Trinajstić information content (AvgIpc) is 3.13. The topological polar surface area (TPSA) is 54.2 Å². The molecule has 1 unspecified atom stereocenters. The van der Waals surface area contributed by atoms with Crippen molar-refractivity contribution in [1.82, 2.24) is 10.3 Å². The fourth-order valence-electron chi connectivity index (χ4n) is 2.61. The first-order chi connectivity index (χ1) is 8.65. The van der Waals surface area contributed by atoms with Crippen LogP contribution in [0, 0.1) is 0 Å². The highest BCUT2D eigenvalue weighted by Gasteiger charge is 2.28. The summed E-state index contributed by atoms with van der Waals surface area (Å²) in [7, 11) is 6.01. The molecule has 1 saturated heterocycles. The van der Waals surface area contributed by atoms with E-state index < -0.39 is 0 Å². The van der Waals surface area contributed by atoms with Gasteiger partial charge >= 0.3 is 0 Å². The molecule has 2 heterocycles. The van der Waals surface area contributed by atoms with E-state index in [0.717, 1.165) is 36.6 Å². The molecular formula is C13H19BN4. The predicted molar refractivity (Wildman–Crippen MR) is 75.7 cm³/mol. The predicted octanol–water partition coefficient (Wildman–Crippen LogP) is 0.133. The van der Waals surface area contributed by atoms with Crippen molar-refractivity contribution in [3.8, 4) is 0 Å². The zero-order valence-corrected chi connectivity index (χ0v) is 10.8. The van der Waals surface area contributed by atoms with Gasteiger partial charge in [-0.05, 0) is 25.8 Å². The molecule has 0 amide bonds. The number of nitrogen functional groups attached to an aromatic ring is 1. The molecule has 1 aliphatic heterocycles. The first-order valence-corrected chi connectivity index (χ1v) is 6.69. The van der Waals surface area contributed by atoms with Crippen molar-refractivity contribution >= 4 is 24.8 Å². The average molecular weight is 242 g/mol. The Bertz CT molecular complexity index is 459. The Balaban J connectivity index is 1.92. The van der Waals surface area contributed by atoms with Gasteiger partial charge in [0, 0.05) is 37.3 Å². The fraction of sp³-hybridized carbons (Fsp3) is 0.615. The second-order valence-corrected chi connectivity index (χ2v) is 5.45. The molecule has 2 aliphatic rings. The van der Waals surface area contributed by atoms with Crippen LogP contribution in [0.5, 0.6) is 0 Å². The highest BCUT2D eigenvalue weighted by Crippen LogP contribution is 2.39. The van der Waals surface area contributed by atoms with Gasteiger partial charge < -0.3 is 16.0 Å². The van der Waals surface area contributed by atoms with Crippen LogP contribution in [-0.2, 0) is 0 Å². The lowest BCUT2D eigenvalue weighted by Gasteiger charge is -2.33. The van der Waals surface area contributed by atoms with Crippen molar-refractivity contribution in [3.05, 3.63) is 11.8 Å². The van der Waals surface area contributed by atoms with Crippen LogP contribution in [0.3, 0.4) is 0 Å². The van der Waals surface area contributed by atoms with Gasteiger partial charge in [0.15, 0.2) is 5.82 Å². The van der Waals surface area contributed by atoms with Crippen LogP contribution in [0.15, 0.2) is 6.07 Å². The third kappa shape index (κ3) is 2.19. The van der Waals surface area contributed by atoms with Gasteiger partial charge in [-0.25, -0.2) is 4.98 Å². The summed E-state index contributed by atoms with van der Waals surface area (Å²) in [6, 6.07) is 2.35. The van der Waals surface area contributed by atoms with Gasteiger partial charge in [0.05, 0.1) is 5.69 Å². The third-order valence-corrected chi connectivity index (χ3v) is 3.72. The molecule has 0 bridgehead atoms. The molecule has 4 nitrogen and oxygen atoms in total. The first kappa shape index (κ1) is 11.8. The number of aromatic nitrogens is 1. The van der Waals surface area contributed by atoms with E-state index in [1.165, 1.54) is 12.8 Å². The van der Waals surface area contributed by atoms with Crippen molar-refractivity contribution in [2.24, 2.45) is 0 Å². The molecule has 1 aromatic rings. The Kier molecular flexibility index (Phi) is 2.94. The normalized spacial score (nSPS) is 24.3. The number of anilines is 2. The Hall–Kier alpha value is -1.23. The summed E-state index contributed by atoms with van der Waals surface area (Å²) >= 11 is 0. The van der Waals surface area contributed by atoms with E-state index in [1.807, 2.05) is 6.07 Å². The standard InChI is InChI=1S/C13H19BN4/c1-8-7-18(5-4-16-8)13-11(15)6-10(14)12(17-13)9-2-3-9/h6,8-9,16H,2-5,7,15H2,1H3. The lowest BCUT2D eigenvalue weighted by atomic mass is 9.91. The molecule has 2 radical (unpaired) electrons. The molecule has 18 heavy (non-hydrogen) atoms. The maximum Gasteiger partial charge on any atom is 0.152 e. The van der Waals surface area contributed by atoms with Crippen molar-refractivity contribution in [3.63, 3.8) is 0 Å². The van der Waals surface area contributed by atoms with Crippen molar-refractivity contribution in [2.45, 2.75) is 31.7 Å². The van der Waals surface area contributed by atoms with E-state index in [1.54, 1.807) is 0 Å². The fourth-order valence-corrected chi connectivity index (χ4v) is 2.61. The van der Waals surface area contributed by atoms with Crippen LogP contribution in [0.1, 0.15) is 31.4 Å². The maximum absolute atomic E-state index is 6.08. The van der Waals surface area contributed by atoms with E-state index in [2.05, 4.69) is 17.1 Å². The zero-order chi connectivity index (χ0) is 12.7. The van der Waals surface area contributed by atoms with Crippen LogP contribution in [0.25, 0.3) is 0 Å². The molecule has 5 heteroatoms. The lowest BCUT2D eigenvalue weighted by molar-refractivity contribution is 0.482. The molecule has 1 atom stereocenters. The number of piperazine rings is 1. The number of nitrogens with one attached hydrogen (secondary N) is 1. The van der Waals surface area contributed by atoms with Crippen LogP contribution >= 0.6 is 0 Å². The molecule has 1 saturated carbocycles. The lowest BCUT2D eigenvalue weighted by Crippen LogP contribution is -2.49. The van der Waals surface area contributed by atoms with Crippen molar-refractivity contribution in [1.29, 1.82) is 0 Å². The highest BCUT2D eigenvalue weighted by atomic mass is 15.2. The smallest absolute Gasteiger partial charge is 0.152 e. The maximum atomic E-state index is 6.08. The summed E-state index contributed by atoms with van der Waals surface area (Å²) in [5, 5.41) is 3.43. The summed E-state index contributed by atoms with van der Waals surface area (Å²) in [5.74, 6) is 1.48. The van der Waals surface area contributed by atoms with Gasteiger partial charge in [0.2, 0.25) is 0 Å². The summed E-state index contributed by atoms with van der Waals surface area (Å²) in [4.78, 5) is 7.01. The number of pyridine rings is 1. The van der Waals surface area contributed by atoms with E-state index in [0.29, 0.717) is 17.6 Å². The molecule has 94 valence electrons. The molecule has 3 rings (SSSR count). The Morgan fingerprint density at radius 2 is 2.28 bits per heavy atom. The third-order valence-electron chi connectivity index (χ3n) is 3.72. The quantitative estimate of drug-likeness (QED) is 0.724. The SMILES string of the molecule is [B]c1cc(N)c(N2CCNC(C)C2)nc1C1CC1. The number of rotatable bonds is 2. The number of hydrogen-bond donors (Lipinski definition) is 2.